The van der Waals surface area contributed by atoms with Gasteiger partial charge < -0.3 is 10.5 Å². The maximum absolute atomic E-state index is 5.62. The molecule has 2 N–H and O–H groups in total. The number of hydrogen-bond acceptors (Lipinski definition) is 5. The number of nitrogens with two attached hydrogens (primary N) is 1. The topological polar surface area (TPSA) is 64.3 Å². The Hall–Kier alpha value is -2.14. The molecule has 3 rings (SSSR count). The van der Waals surface area contributed by atoms with Crippen molar-refractivity contribution in [2.24, 2.45) is 0 Å². The van der Waals surface area contributed by atoms with E-state index in [9.17, 15) is 0 Å². The highest BCUT2D eigenvalue weighted by atomic mass is 16.5. The molecule has 0 aliphatic carbocycles. The highest BCUT2D eigenvalue weighted by Gasteiger charge is 2.27. The van der Waals surface area contributed by atoms with Gasteiger partial charge >= 0.3 is 0 Å². The molecule has 0 radical (unpaired) electrons. The van der Waals surface area contributed by atoms with E-state index in [2.05, 4.69) is 21.2 Å². The van der Waals surface area contributed by atoms with Gasteiger partial charge in [-0.2, -0.15) is 5.10 Å². The third kappa shape index (κ3) is 2.97. The van der Waals surface area contributed by atoms with E-state index in [-0.39, 0.29) is 0 Å². The molecule has 0 saturated carbocycles. The predicted molar refractivity (Wildman–Crippen MR) is 81.8 cm³/mol. The fourth-order valence-corrected chi connectivity index (χ4v) is 2.93. The monoisotopic (exact) mass is 284 g/mol. The number of para-hydroxylation sites is 1. The summed E-state index contributed by atoms with van der Waals surface area (Å²) in [5.74, 6) is 1.40. The van der Waals surface area contributed by atoms with Crippen LogP contribution in [0.3, 0.4) is 0 Å². The van der Waals surface area contributed by atoms with E-state index in [1.54, 1.807) is 7.11 Å². The van der Waals surface area contributed by atoms with E-state index in [0.717, 1.165) is 31.0 Å². The van der Waals surface area contributed by atoms with Gasteiger partial charge in [0.05, 0.1) is 18.8 Å². The number of benzene rings is 1. The number of hydrogen-bond donors (Lipinski definition) is 1. The van der Waals surface area contributed by atoms with E-state index in [4.69, 9.17) is 10.5 Å². The molecule has 1 aromatic heterocycles. The van der Waals surface area contributed by atoms with Crippen molar-refractivity contribution < 1.29 is 4.74 Å². The van der Waals surface area contributed by atoms with Gasteiger partial charge in [0.15, 0.2) is 0 Å². The molecule has 5 nitrogen and oxygen atoms in total. The third-order valence-corrected chi connectivity index (χ3v) is 3.98. The van der Waals surface area contributed by atoms with Crippen LogP contribution in [0.2, 0.25) is 0 Å². The van der Waals surface area contributed by atoms with Crippen LogP contribution >= 0.6 is 0 Å². The minimum Gasteiger partial charge on any atom is -0.496 e. The van der Waals surface area contributed by atoms with Crippen molar-refractivity contribution in [2.75, 3.05) is 19.4 Å². The Bertz CT molecular complexity index is 599. The van der Waals surface area contributed by atoms with Gasteiger partial charge in [-0.3, -0.25) is 4.90 Å². The van der Waals surface area contributed by atoms with Crippen molar-refractivity contribution >= 4 is 5.82 Å². The van der Waals surface area contributed by atoms with Crippen LogP contribution < -0.4 is 10.5 Å². The van der Waals surface area contributed by atoms with Crippen LogP contribution in [-0.4, -0.2) is 28.8 Å². The Morgan fingerprint density at radius 1 is 1.24 bits per heavy atom. The predicted octanol–water partition coefficient (Wildman–Crippen LogP) is 2.40. The number of rotatable bonds is 4. The highest BCUT2D eigenvalue weighted by Crippen LogP contribution is 2.33. The lowest BCUT2D eigenvalue weighted by Crippen LogP contribution is -2.24. The van der Waals surface area contributed by atoms with Crippen molar-refractivity contribution in [3.8, 4) is 5.75 Å². The van der Waals surface area contributed by atoms with Gasteiger partial charge in [0, 0.05) is 12.1 Å². The zero-order chi connectivity index (χ0) is 14.7. The third-order valence-electron chi connectivity index (χ3n) is 3.98. The fourth-order valence-electron chi connectivity index (χ4n) is 2.93. The van der Waals surface area contributed by atoms with Crippen LogP contribution in [0, 0.1) is 0 Å². The summed E-state index contributed by atoms with van der Waals surface area (Å²) in [5, 5.41) is 8.22. The van der Waals surface area contributed by atoms with E-state index in [1.807, 2.05) is 30.3 Å². The first-order chi connectivity index (χ1) is 10.3. The van der Waals surface area contributed by atoms with Crippen molar-refractivity contribution in [1.29, 1.82) is 0 Å². The molecule has 1 unspecified atom stereocenters. The first-order valence-electron chi connectivity index (χ1n) is 7.23. The zero-order valence-electron chi connectivity index (χ0n) is 12.2. The molecule has 0 amide bonds. The van der Waals surface area contributed by atoms with E-state index >= 15 is 0 Å². The van der Waals surface area contributed by atoms with Gasteiger partial charge in [-0.25, -0.2) is 0 Å². The molecule has 1 aromatic carbocycles. The smallest absolute Gasteiger partial charge is 0.146 e. The normalized spacial score (nSPS) is 18.8. The first-order valence-corrected chi connectivity index (χ1v) is 7.23. The largest absolute Gasteiger partial charge is 0.496 e. The molecule has 1 aliphatic rings. The maximum Gasteiger partial charge on any atom is 0.146 e. The Balaban J connectivity index is 1.79. The SMILES string of the molecule is COc1ccccc1CN1CCCC1c1ccc(N)nn1. The average Bonchev–Trinajstić information content (AvgIpc) is 2.97. The molecule has 21 heavy (non-hydrogen) atoms. The quantitative estimate of drug-likeness (QED) is 0.934. The molecular formula is C16H20N4O. The van der Waals surface area contributed by atoms with Gasteiger partial charge in [-0.05, 0) is 37.6 Å². The number of likely N-dealkylation sites (tertiary alicyclic amines) is 1. The standard InChI is InChI=1S/C16H20N4O/c1-21-15-7-3-2-5-12(15)11-20-10-4-6-14(20)13-8-9-16(17)19-18-13/h2-3,5,7-9,14H,4,6,10-11H2,1H3,(H2,17,19). The number of nitrogens with zero attached hydrogens (tertiary/aromatic N) is 3. The summed E-state index contributed by atoms with van der Waals surface area (Å²) in [4.78, 5) is 2.43. The summed E-state index contributed by atoms with van der Waals surface area (Å²) in [7, 11) is 1.71. The van der Waals surface area contributed by atoms with Crippen LogP contribution in [0.4, 0.5) is 5.82 Å². The van der Waals surface area contributed by atoms with E-state index in [1.165, 1.54) is 12.0 Å². The minimum atomic E-state index is 0.308. The van der Waals surface area contributed by atoms with Crippen LogP contribution in [0.1, 0.15) is 30.1 Å². The highest BCUT2D eigenvalue weighted by molar-refractivity contribution is 5.33. The van der Waals surface area contributed by atoms with Gasteiger partial charge in [-0.1, -0.05) is 18.2 Å². The van der Waals surface area contributed by atoms with Gasteiger partial charge in [0.25, 0.3) is 0 Å². The van der Waals surface area contributed by atoms with Crippen molar-refractivity contribution in [1.82, 2.24) is 15.1 Å². The molecule has 0 bridgehead atoms. The van der Waals surface area contributed by atoms with Gasteiger partial charge in [-0.15, -0.1) is 5.10 Å². The molecular weight excluding hydrogens is 264 g/mol. The summed E-state index contributed by atoms with van der Waals surface area (Å²) in [6.45, 7) is 1.93. The Labute approximate surface area is 124 Å². The van der Waals surface area contributed by atoms with Crippen LogP contribution in [0.15, 0.2) is 36.4 Å². The number of aromatic nitrogens is 2. The molecule has 1 saturated heterocycles. The fraction of sp³-hybridized carbons (Fsp3) is 0.375. The molecule has 1 aliphatic heterocycles. The van der Waals surface area contributed by atoms with Gasteiger partial charge in [0.1, 0.15) is 11.6 Å². The second-order valence-electron chi connectivity index (χ2n) is 5.32. The first kappa shape index (κ1) is 13.8. The molecule has 5 heteroatoms. The van der Waals surface area contributed by atoms with Crippen molar-refractivity contribution in [2.45, 2.75) is 25.4 Å². The summed E-state index contributed by atoms with van der Waals surface area (Å²) in [5.41, 5.74) is 7.82. The molecule has 110 valence electrons. The number of ether oxygens (including phenoxy) is 1. The maximum atomic E-state index is 5.62. The van der Waals surface area contributed by atoms with E-state index in [0.29, 0.717) is 11.9 Å². The van der Waals surface area contributed by atoms with Crippen LogP contribution in [0.5, 0.6) is 5.75 Å². The Kier molecular flexibility index (Phi) is 4.01. The number of anilines is 1. The lowest BCUT2D eigenvalue weighted by Gasteiger charge is -2.24. The van der Waals surface area contributed by atoms with Crippen molar-refractivity contribution in [3.63, 3.8) is 0 Å². The molecule has 2 aromatic rings. The minimum absolute atomic E-state index is 0.308. The summed E-state index contributed by atoms with van der Waals surface area (Å²) in [6, 6.07) is 12.3. The zero-order valence-corrected chi connectivity index (χ0v) is 12.2. The average molecular weight is 284 g/mol. The Morgan fingerprint density at radius 2 is 2.10 bits per heavy atom. The lowest BCUT2D eigenvalue weighted by molar-refractivity contribution is 0.239. The van der Waals surface area contributed by atoms with Crippen LogP contribution in [0.25, 0.3) is 0 Å². The van der Waals surface area contributed by atoms with Crippen molar-refractivity contribution in [3.05, 3.63) is 47.7 Å². The summed E-state index contributed by atoms with van der Waals surface area (Å²) < 4.78 is 5.44. The second kappa shape index (κ2) is 6.10. The molecule has 0 spiro atoms. The number of methoxy groups -OCH3 is 1. The van der Waals surface area contributed by atoms with Gasteiger partial charge in [0.2, 0.25) is 0 Å². The summed E-state index contributed by atoms with van der Waals surface area (Å²) in [6.07, 6.45) is 2.28. The second-order valence-corrected chi connectivity index (χ2v) is 5.32. The van der Waals surface area contributed by atoms with E-state index < -0.39 is 0 Å². The summed E-state index contributed by atoms with van der Waals surface area (Å²) >= 11 is 0. The Morgan fingerprint density at radius 3 is 2.86 bits per heavy atom. The lowest BCUT2D eigenvalue weighted by atomic mass is 10.1. The molecule has 2 heterocycles. The van der Waals surface area contributed by atoms with Crippen LogP contribution in [-0.2, 0) is 6.54 Å². The molecule has 1 fully saturated rings. The number of nitrogen functional groups attached to an aromatic ring is 1. The molecule has 1 atom stereocenters.